The van der Waals surface area contributed by atoms with Crippen LogP contribution in [0.1, 0.15) is 39.1 Å². The summed E-state index contributed by atoms with van der Waals surface area (Å²) in [5.41, 5.74) is 2.54. The van der Waals surface area contributed by atoms with Crippen LogP contribution in [0.4, 0.5) is 5.69 Å². The van der Waals surface area contributed by atoms with Crippen molar-refractivity contribution in [3.8, 4) is 0 Å². The molecule has 1 aliphatic rings. The molecular weight excluding hydrogens is 340 g/mol. The maximum atomic E-state index is 12.7. The monoisotopic (exact) mass is 360 g/mol. The molecule has 1 heterocycles. The minimum absolute atomic E-state index is 0.151. The van der Waals surface area contributed by atoms with Gasteiger partial charge in [0.15, 0.2) is 0 Å². The predicted octanol–water partition coefficient (Wildman–Crippen LogP) is 3.08. The average molecular weight is 360 g/mol. The Hall–Kier alpha value is -3.41. The highest BCUT2D eigenvalue weighted by Gasteiger charge is 2.25. The second-order valence-electron chi connectivity index (χ2n) is 6.68. The molecule has 136 valence electrons. The van der Waals surface area contributed by atoms with Crippen LogP contribution in [-0.4, -0.2) is 27.4 Å². The highest BCUT2D eigenvalue weighted by Crippen LogP contribution is 2.22. The van der Waals surface area contributed by atoms with Crippen LogP contribution < -0.4 is 10.6 Å². The highest BCUT2D eigenvalue weighted by atomic mass is 16.2. The molecule has 0 saturated heterocycles. The van der Waals surface area contributed by atoms with Gasteiger partial charge in [-0.2, -0.15) is 0 Å². The third-order valence-electron chi connectivity index (χ3n) is 4.45. The first-order chi connectivity index (χ1) is 13.2. The predicted molar refractivity (Wildman–Crippen MR) is 103 cm³/mol. The molecule has 0 radical (unpaired) electrons. The molecule has 3 aromatic rings. The normalized spacial score (nSPS) is 13.2. The van der Waals surface area contributed by atoms with Gasteiger partial charge in [-0.3, -0.25) is 9.59 Å². The Kier molecular flexibility index (Phi) is 4.70. The third kappa shape index (κ3) is 4.23. The van der Waals surface area contributed by atoms with Crippen LogP contribution in [0.25, 0.3) is 0 Å². The van der Waals surface area contributed by atoms with E-state index in [9.17, 15) is 9.59 Å². The Balaban J connectivity index is 1.50. The van der Waals surface area contributed by atoms with E-state index in [2.05, 4.69) is 15.6 Å². The number of carbonyl (C=O) groups excluding carboxylic acids is 2. The zero-order valence-corrected chi connectivity index (χ0v) is 14.8. The summed E-state index contributed by atoms with van der Waals surface area (Å²) in [6.07, 6.45) is 7.37. The fraction of sp³-hybridized carbons (Fsp3) is 0.190. The van der Waals surface area contributed by atoms with Gasteiger partial charge in [0.2, 0.25) is 0 Å². The lowest BCUT2D eigenvalue weighted by atomic mass is 10.1. The largest absolute Gasteiger partial charge is 0.349 e. The molecule has 0 unspecified atom stereocenters. The van der Waals surface area contributed by atoms with E-state index in [-0.39, 0.29) is 17.9 Å². The lowest BCUT2D eigenvalue weighted by molar-refractivity contribution is 0.0952. The Morgan fingerprint density at radius 2 is 1.93 bits per heavy atom. The summed E-state index contributed by atoms with van der Waals surface area (Å²) in [5, 5.41) is 5.83. The van der Waals surface area contributed by atoms with E-state index in [1.165, 1.54) is 0 Å². The maximum absolute atomic E-state index is 12.7. The molecule has 2 aromatic carbocycles. The molecule has 27 heavy (non-hydrogen) atoms. The van der Waals surface area contributed by atoms with Crippen molar-refractivity contribution in [2.45, 2.75) is 25.4 Å². The summed E-state index contributed by atoms with van der Waals surface area (Å²) in [7, 11) is 0. The van der Waals surface area contributed by atoms with E-state index in [0.29, 0.717) is 23.4 Å². The molecule has 1 fully saturated rings. The molecular formula is C21H20N4O2. The number of hydrogen-bond acceptors (Lipinski definition) is 3. The number of aromatic nitrogens is 2. The zero-order valence-electron chi connectivity index (χ0n) is 14.8. The van der Waals surface area contributed by atoms with E-state index in [4.69, 9.17) is 0 Å². The van der Waals surface area contributed by atoms with E-state index in [1.807, 2.05) is 29.0 Å². The number of imidazole rings is 1. The van der Waals surface area contributed by atoms with Crippen molar-refractivity contribution in [1.29, 1.82) is 0 Å². The fourth-order valence-corrected chi connectivity index (χ4v) is 2.88. The minimum atomic E-state index is -0.242. The van der Waals surface area contributed by atoms with Crippen molar-refractivity contribution in [3.63, 3.8) is 0 Å². The van der Waals surface area contributed by atoms with Crippen LogP contribution in [0.5, 0.6) is 0 Å². The topological polar surface area (TPSA) is 76.0 Å². The first-order valence-electron chi connectivity index (χ1n) is 8.95. The van der Waals surface area contributed by atoms with Crippen LogP contribution in [0.3, 0.4) is 0 Å². The van der Waals surface area contributed by atoms with Gasteiger partial charge in [-0.1, -0.05) is 24.3 Å². The molecule has 1 aromatic heterocycles. The van der Waals surface area contributed by atoms with Gasteiger partial charge in [-0.25, -0.2) is 4.98 Å². The van der Waals surface area contributed by atoms with Crippen molar-refractivity contribution < 1.29 is 9.59 Å². The molecule has 0 atom stereocenters. The summed E-state index contributed by atoms with van der Waals surface area (Å²) < 4.78 is 1.94. The number of carbonyl (C=O) groups is 2. The highest BCUT2D eigenvalue weighted by molar-refractivity contribution is 6.09. The molecule has 2 amide bonds. The molecule has 4 rings (SSSR count). The standard InChI is InChI=1S/C21H20N4O2/c26-20(16-5-3-4-15(12-16)13-25-11-10-22-14-25)24-19-7-2-1-6-18(19)21(27)23-17-8-9-17/h1-7,10-12,14,17H,8-9,13H2,(H,23,27)(H,24,26). The summed E-state index contributed by atoms with van der Waals surface area (Å²) in [6.45, 7) is 0.640. The lowest BCUT2D eigenvalue weighted by Gasteiger charge is -2.12. The molecule has 1 aliphatic carbocycles. The third-order valence-corrected chi connectivity index (χ3v) is 4.45. The van der Waals surface area contributed by atoms with Crippen LogP contribution in [0.2, 0.25) is 0 Å². The number of nitrogens with zero attached hydrogens (tertiary/aromatic N) is 2. The van der Waals surface area contributed by atoms with Gasteiger partial charge in [0.1, 0.15) is 0 Å². The summed E-state index contributed by atoms with van der Waals surface area (Å²) >= 11 is 0. The van der Waals surface area contributed by atoms with Gasteiger partial charge in [0, 0.05) is 30.5 Å². The summed E-state index contributed by atoms with van der Waals surface area (Å²) in [5.74, 6) is -0.392. The van der Waals surface area contributed by atoms with Gasteiger partial charge >= 0.3 is 0 Å². The Morgan fingerprint density at radius 3 is 2.70 bits per heavy atom. The number of benzene rings is 2. The summed E-state index contributed by atoms with van der Waals surface area (Å²) in [4.78, 5) is 29.1. The Bertz CT molecular complexity index is 962. The quantitative estimate of drug-likeness (QED) is 0.709. The number of para-hydroxylation sites is 1. The summed E-state index contributed by atoms with van der Waals surface area (Å²) in [6, 6.07) is 14.8. The Morgan fingerprint density at radius 1 is 1.07 bits per heavy atom. The van der Waals surface area contributed by atoms with Gasteiger partial charge in [-0.05, 0) is 42.7 Å². The smallest absolute Gasteiger partial charge is 0.255 e. The van der Waals surface area contributed by atoms with Crippen molar-refractivity contribution in [3.05, 3.63) is 83.9 Å². The van der Waals surface area contributed by atoms with Crippen LogP contribution in [0.15, 0.2) is 67.3 Å². The molecule has 1 saturated carbocycles. The molecule has 0 spiro atoms. The van der Waals surface area contributed by atoms with Gasteiger partial charge in [-0.15, -0.1) is 0 Å². The number of anilines is 1. The van der Waals surface area contributed by atoms with E-state index < -0.39 is 0 Å². The van der Waals surface area contributed by atoms with Gasteiger partial charge in [0.05, 0.1) is 17.6 Å². The van der Waals surface area contributed by atoms with Crippen molar-refractivity contribution in [2.24, 2.45) is 0 Å². The van der Waals surface area contributed by atoms with Crippen molar-refractivity contribution >= 4 is 17.5 Å². The van der Waals surface area contributed by atoms with Crippen LogP contribution in [-0.2, 0) is 6.54 Å². The molecule has 2 N–H and O–H groups in total. The van der Waals surface area contributed by atoms with Crippen LogP contribution >= 0.6 is 0 Å². The minimum Gasteiger partial charge on any atom is -0.349 e. The van der Waals surface area contributed by atoms with E-state index in [1.54, 1.807) is 42.9 Å². The second kappa shape index (κ2) is 7.45. The first kappa shape index (κ1) is 17.0. The van der Waals surface area contributed by atoms with Crippen LogP contribution in [0, 0.1) is 0 Å². The number of amides is 2. The SMILES string of the molecule is O=C(Nc1ccccc1C(=O)NC1CC1)c1cccc(Cn2ccnc2)c1. The molecule has 0 bridgehead atoms. The fourth-order valence-electron chi connectivity index (χ4n) is 2.88. The van der Waals surface area contributed by atoms with Crippen molar-refractivity contribution in [2.75, 3.05) is 5.32 Å². The van der Waals surface area contributed by atoms with Crippen molar-refractivity contribution in [1.82, 2.24) is 14.9 Å². The molecule has 6 heteroatoms. The number of rotatable bonds is 6. The van der Waals surface area contributed by atoms with Gasteiger partial charge in [0.25, 0.3) is 11.8 Å². The second-order valence-corrected chi connectivity index (χ2v) is 6.68. The molecule has 6 nitrogen and oxygen atoms in total. The van der Waals surface area contributed by atoms with E-state index >= 15 is 0 Å². The average Bonchev–Trinajstić information content (AvgIpc) is 3.35. The number of nitrogens with one attached hydrogen (secondary N) is 2. The first-order valence-corrected chi connectivity index (χ1v) is 8.95. The van der Waals surface area contributed by atoms with Gasteiger partial charge < -0.3 is 15.2 Å². The zero-order chi connectivity index (χ0) is 18.6. The molecule has 0 aliphatic heterocycles. The maximum Gasteiger partial charge on any atom is 0.255 e. The number of hydrogen-bond donors (Lipinski definition) is 2. The lowest BCUT2D eigenvalue weighted by Crippen LogP contribution is -2.27. The van der Waals surface area contributed by atoms with E-state index in [0.717, 1.165) is 18.4 Å². The Labute approximate surface area is 157 Å².